The predicted molar refractivity (Wildman–Crippen MR) is 73.5 cm³/mol. The van der Waals surface area contributed by atoms with E-state index in [0.717, 1.165) is 16.9 Å². The summed E-state index contributed by atoms with van der Waals surface area (Å²) in [6, 6.07) is 7.78. The standard InChI is InChI=1S/C15H20N2O2/c1-10(2)13(8-16)15(18)17-9-12-5-6-14(19-4)11(3)7-12/h5-7,10,13H,9H2,1-4H3,(H,17,18). The highest BCUT2D eigenvalue weighted by Crippen LogP contribution is 2.18. The van der Waals surface area contributed by atoms with Crippen LogP contribution in [0.5, 0.6) is 5.75 Å². The fraction of sp³-hybridized carbons (Fsp3) is 0.467. The van der Waals surface area contributed by atoms with E-state index in [1.54, 1.807) is 7.11 Å². The first-order chi connectivity index (χ1) is 8.99. The molecule has 0 fully saturated rings. The van der Waals surface area contributed by atoms with E-state index in [1.807, 2.05) is 45.0 Å². The SMILES string of the molecule is COc1ccc(CNC(=O)C(C#N)C(C)C)cc1C. The molecule has 1 unspecified atom stereocenters. The highest BCUT2D eigenvalue weighted by atomic mass is 16.5. The zero-order chi connectivity index (χ0) is 14.4. The predicted octanol–water partition coefficient (Wildman–Crippen LogP) is 2.42. The van der Waals surface area contributed by atoms with Crippen LogP contribution in [0.15, 0.2) is 18.2 Å². The number of nitriles is 1. The molecular weight excluding hydrogens is 240 g/mol. The van der Waals surface area contributed by atoms with Crippen LogP contribution in [0.4, 0.5) is 0 Å². The number of hydrogen-bond donors (Lipinski definition) is 1. The molecule has 1 N–H and O–H groups in total. The molecule has 1 rings (SSSR count). The Morgan fingerprint density at radius 3 is 2.63 bits per heavy atom. The van der Waals surface area contributed by atoms with Gasteiger partial charge in [-0.05, 0) is 30.0 Å². The number of rotatable bonds is 5. The molecule has 0 aromatic heterocycles. The summed E-state index contributed by atoms with van der Waals surface area (Å²) in [4.78, 5) is 11.8. The molecule has 0 aliphatic heterocycles. The van der Waals surface area contributed by atoms with Gasteiger partial charge in [-0.1, -0.05) is 26.0 Å². The molecule has 0 bridgehead atoms. The number of carbonyl (C=O) groups is 1. The summed E-state index contributed by atoms with van der Waals surface area (Å²) in [5.74, 6) is 0.0279. The van der Waals surface area contributed by atoms with Gasteiger partial charge in [0, 0.05) is 6.54 Å². The average Bonchev–Trinajstić information content (AvgIpc) is 2.37. The highest BCUT2D eigenvalue weighted by molar-refractivity contribution is 5.81. The van der Waals surface area contributed by atoms with E-state index in [1.165, 1.54) is 0 Å². The normalized spacial score (nSPS) is 11.8. The zero-order valence-electron chi connectivity index (χ0n) is 11.9. The second kappa shape index (κ2) is 6.79. The van der Waals surface area contributed by atoms with Crippen LogP contribution in [-0.4, -0.2) is 13.0 Å². The van der Waals surface area contributed by atoms with Crippen molar-refractivity contribution in [2.75, 3.05) is 7.11 Å². The smallest absolute Gasteiger partial charge is 0.237 e. The van der Waals surface area contributed by atoms with Crippen molar-refractivity contribution in [3.63, 3.8) is 0 Å². The van der Waals surface area contributed by atoms with Gasteiger partial charge < -0.3 is 10.1 Å². The first kappa shape index (κ1) is 15.0. The van der Waals surface area contributed by atoms with Crippen molar-refractivity contribution >= 4 is 5.91 Å². The maximum atomic E-state index is 11.8. The average molecular weight is 260 g/mol. The number of carbonyl (C=O) groups excluding carboxylic acids is 1. The largest absolute Gasteiger partial charge is 0.496 e. The van der Waals surface area contributed by atoms with Gasteiger partial charge in [-0.25, -0.2) is 0 Å². The number of nitrogens with zero attached hydrogens (tertiary/aromatic N) is 1. The number of benzene rings is 1. The molecule has 0 radical (unpaired) electrons. The van der Waals surface area contributed by atoms with E-state index in [4.69, 9.17) is 10.00 Å². The lowest BCUT2D eigenvalue weighted by Crippen LogP contribution is -2.32. The first-order valence-corrected chi connectivity index (χ1v) is 6.30. The Morgan fingerprint density at radius 1 is 1.47 bits per heavy atom. The van der Waals surface area contributed by atoms with Crippen LogP contribution in [-0.2, 0) is 11.3 Å². The molecule has 102 valence electrons. The van der Waals surface area contributed by atoms with E-state index in [-0.39, 0.29) is 11.8 Å². The number of nitrogens with one attached hydrogen (secondary N) is 1. The molecule has 0 saturated carbocycles. The van der Waals surface area contributed by atoms with Crippen molar-refractivity contribution in [2.45, 2.75) is 27.3 Å². The second-order valence-electron chi connectivity index (χ2n) is 4.87. The molecule has 4 heteroatoms. The summed E-state index contributed by atoms with van der Waals surface area (Å²) >= 11 is 0. The zero-order valence-corrected chi connectivity index (χ0v) is 11.9. The first-order valence-electron chi connectivity index (χ1n) is 6.30. The van der Waals surface area contributed by atoms with Crippen LogP contribution in [0.1, 0.15) is 25.0 Å². The van der Waals surface area contributed by atoms with E-state index in [2.05, 4.69) is 5.32 Å². The summed E-state index contributed by atoms with van der Waals surface area (Å²) in [7, 11) is 1.63. The van der Waals surface area contributed by atoms with Crippen LogP contribution in [0, 0.1) is 30.1 Å². The Morgan fingerprint density at radius 2 is 2.16 bits per heavy atom. The summed E-state index contributed by atoms with van der Waals surface area (Å²) in [5.41, 5.74) is 2.02. The third-order valence-corrected chi connectivity index (χ3v) is 3.01. The molecule has 1 amide bonds. The van der Waals surface area contributed by atoms with Gasteiger partial charge in [-0.2, -0.15) is 5.26 Å². The molecular formula is C15H20N2O2. The van der Waals surface area contributed by atoms with Gasteiger partial charge in [0.1, 0.15) is 11.7 Å². The number of amides is 1. The topological polar surface area (TPSA) is 62.1 Å². The van der Waals surface area contributed by atoms with Gasteiger partial charge in [0.05, 0.1) is 13.2 Å². The van der Waals surface area contributed by atoms with E-state index >= 15 is 0 Å². The highest BCUT2D eigenvalue weighted by Gasteiger charge is 2.21. The number of ether oxygens (including phenoxy) is 1. The van der Waals surface area contributed by atoms with Crippen molar-refractivity contribution < 1.29 is 9.53 Å². The van der Waals surface area contributed by atoms with Crippen molar-refractivity contribution in [2.24, 2.45) is 11.8 Å². The molecule has 1 atom stereocenters. The van der Waals surface area contributed by atoms with Gasteiger partial charge >= 0.3 is 0 Å². The fourth-order valence-corrected chi connectivity index (χ4v) is 1.86. The Kier molecular flexibility index (Phi) is 5.37. The molecule has 0 heterocycles. The van der Waals surface area contributed by atoms with Crippen LogP contribution in [0.2, 0.25) is 0 Å². The minimum atomic E-state index is -0.598. The van der Waals surface area contributed by atoms with Gasteiger partial charge in [-0.3, -0.25) is 4.79 Å². The van der Waals surface area contributed by atoms with Crippen molar-refractivity contribution in [3.8, 4) is 11.8 Å². The molecule has 0 spiro atoms. The lowest BCUT2D eigenvalue weighted by molar-refractivity contribution is -0.124. The molecule has 1 aromatic rings. The fourth-order valence-electron chi connectivity index (χ4n) is 1.86. The number of methoxy groups -OCH3 is 1. The second-order valence-corrected chi connectivity index (χ2v) is 4.87. The third-order valence-electron chi connectivity index (χ3n) is 3.01. The third kappa shape index (κ3) is 3.99. The van der Waals surface area contributed by atoms with Gasteiger partial charge in [0.15, 0.2) is 0 Å². The van der Waals surface area contributed by atoms with Crippen molar-refractivity contribution in [1.29, 1.82) is 5.26 Å². The molecule has 0 saturated heterocycles. The van der Waals surface area contributed by atoms with E-state index in [0.29, 0.717) is 6.54 Å². The Balaban J connectivity index is 2.65. The van der Waals surface area contributed by atoms with Crippen LogP contribution >= 0.6 is 0 Å². The van der Waals surface area contributed by atoms with E-state index in [9.17, 15) is 4.79 Å². The number of hydrogen-bond acceptors (Lipinski definition) is 3. The minimum absolute atomic E-state index is 0.0163. The van der Waals surface area contributed by atoms with E-state index < -0.39 is 5.92 Å². The summed E-state index contributed by atoms with van der Waals surface area (Å²) in [6.07, 6.45) is 0. The van der Waals surface area contributed by atoms with Crippen LogP contribution < -0.4 is 10.1 Å². The summed E-state index contributed by atoms with van der Waals surface area (Å²) < 4.78 is 5.18. The molecule has 1 aromatic carbocycles. The maximum absolute atomic E-state index is 11.8. The van der Waals surface area contributed by atoms with Crippen molar-refractivity contribution in [3.05, 3.63) is 29.3 Å². The Hall–Kier alpha value is -2.02. The molecule has 19 heavy (non-hydrogen) atoms. The lowest BCUT2D eigenvalue weighted by Gasteiger charge is -2.13. The Bertz CT molecular complexity index is 489. The maximum Gasteiger partial charge on any atom is 0.237 e. The van der Waals surface area contributed by atoms with Gasteiger partial charge in [0.2, 0.25) is 5.91 Å². The van der Waals surface area contributed by atoms with Gasteiger partial charge in [-0.15, -0.1) is 0 Å². The van der Waals surface area contributed by atoms with Gasteiger partial charge in [0.25, 0.3) is 0 Å². The Labute approximate surface area is 114 Å². The monoisotopic (exact) mass is 260 g/mol. The number of aryl methyl sites for hydroxylation is 1. The minimum Gasteiger partial charge on any atom is -0.496 e. The summed E-state index contributed by atoms with van der Waals surface area (Å²) in [6.45, 7) is 6.11. The molecule has 0 aliphatic carbocycles. The summed E-state index contributed by atoms with van der Waals surface area (Å²) in [5, 5.41) is 11.7. The van der Waals surface area contributed by atoms with Crippen molar-refractivity contribution in [1.82, 2.24) is 5.32 Å². The molecule has 4 nitrogen and oxygen atoms in total. The lowest BCUT2D eigenvalue weighted by atomic mass is 9.96. The quantitative estimate of drug-likeness (QED) is 0.884. The van der Waals surface area contributed by atoms with Crippen LogP contribution in [0.25, 0.3) is 0 Å². The molecule has 0 aliphatic rings. The van der Waals surface area contributed by atoms with Crippen LogP contribution in [0.3, 0.4) is 0 Å².